The number of aliphatic hydroxyl groups excluding tert-OH is 3. The first-order valence-electron chi connectivity index (χ1n) is 26.2. The number of aldehydes is 1. The van der Waals surface area contributed by atoms with E-state index in [4.69, 9.17) is 20.1 Å². The number of hydrogen-bond acceptors (Lipinski definition) is 16. The van der Waals surface area contributed by atoms with E-state index in [1.54, 1.807) is 94.7 Å². The van der Waals surface area contributed by atoms with E-state index in [9.17, 15) is 19.8 Å². The van der Waals surface area contributed by atoms with E-state index in [-0.39, 0.29) is 18.3 Å². The predicted molar refractivity (Wildman–Crippen MR) is 315 cm³/mol. The van der Waals surface area contributed by atoms with Crippen LogP contribution in [0.1, 0.15) is 130 Å². The molecule has 3 unspecified atom stereocenters. The number of carbonyl (C=O) groups is 2. The Morgan fingerprint density at radius 1 is 0.646 bits per heavy atom. The van der Waals surface area contributed by atoms with Gasteiger partial charge >= 0.3 is 13.1 Å². The van der Waals surface area contributed by atoms with Gasteiger partial charge in [-0.1, -0.05) is 6.07 Å². The first-order valence-corrected chi connectivity index (χ1v) is 27.8. The van der Waals surface area contributed by atoms with Gasteiger partial charge in [0.2, 0.25) is 0 Å². The summed E-state index contributed by atoms with van der Waals surface area (Å²) in [6.07, 6.45) is 24.2. The summed E-state index contributed by atoms with van der Waals surface area (Å²) in [4.78, 5) is 52.5. The van der Waals surface area contributed by atoms with E-state index in [0.29, 0.717) is 17.9 Å². The number of fused-ring (bicyclic) bond motifs is 3. The lowest BCUT2D eigenvalue weighted by molar-refractivity contribution is 0.00578. The Bertz CT molecular complexity index is 3190. The number of nitrogens with two attached hydrogens (primary N) is 1. The molecule has 7 N–H and O–H groups in total. The summed E-state index contributed by atoms with van der Waals surface area (Å²) < 4.78 is 13.7. The highest BCUT2D eigenvalue weighted by Gasteiger charge is 2.52. The molecule has 1 fully saturated rings. The van der Waals surface area contributed by atoms with Crippen molar-refractivity contribution in [2.75, 3.05) is 35.2 Å². The van der Waals surface area contributed by atoms with Crippen molar-refractivity contribution in [2.45, 2.75) is 117 Å². The van der Waals surface area contributed by atoms with Crippen LogP contribution in [0.2, 0.25) is 0 Å². The van der Waals surface area contributed by atoms with Crippen molar-refractivity contribution in [1.82, 2.24) is 34.9 Å². The number of anilines is 3. The molecule has 7 aromatic rings. The third kappa shape index (κ3) is 15.4. The second kappa shape index (κ2) is 27.5. The number of nitrogens with one attached hydrogen (secondary N) is 2. The summed E-state index contributed by atoms with van der Waals surface area (Å²) >= 11 is 6.44. The summed E-state index contributed by atoms with van der Waals surface area (Å²) in [7, 11) is -0.315. The molecule has 0 spiro atoms. The molecule has 18 nitrogen and oxygen atoms in total. The summed E-state index contributed by atoms with van der Waals surface area (Å²) in [5, 5.41) is 35.5. The summed E-state index contributed by atoms with van der Waals surface area (Å²) in [5.74, 6) is 2.62. The number of hydrogen-bond donors (Lipinski definition) is 6. The number of aromatic nitrogens is 7. The van der Waals surface area contributed by atoms with Crippen molar-refractivity contribution in [2.24, 2.45) is 5.73 Å². The summed E-state index contributed by atoms with van der Waals surface area (Å²) in [6, 6.07) is 12.9. The maximum Gasteiger partial charge on any atom is 0.496 e. The lowest BCUT2D eigenvalue weighted by atomic mass is 9.79. The monoisotopic (exact) mass is 1200 g/mol. The van der Waals surface area contributed by atoms with Gasteiger partial charge in [0, 0.05) is 130 Å². The molecule has 21 heteroatoms. The quantitative estimate of drug-likeness (QED) is 0.0641. The highest BCUT2D eigenvalue weighted by molar-refractivity contribution is 9.10. The second-order valence-corrected chi connectivity index (χ2v) is 22.0. The number of nitrogens with zero attached hydrogens (tertiary/aromatic N) is 8. The van der Waals surface area contributed by atoms with Crippen LogP contribution in [-0.2, 0) is 28.6 Å². The molecule has 4 aliphatic rings. The third-order valence-electron chi connectivity index (χ3n) is 14.0. The fraction of sp³-hybridized carbons (Fsp3) is 0.362. The topological polar surface area (TPSA) is 257 Å². The lowest BCUT2D eigenvalue weighted by Crippen LogP contribution is -2.41. The molecule has 11 heterocycles. The van der Waals surface area contributed by atoms with Crippen LogP contribution in [0, 0.1) is 0 Å². The van der Waals surface area contributed by atoms with Crippen molar-refractivity contribution in [3.05, 3.63) is 159 Å². The van der Waals surface area contributed by atoms with Crippen LogP contribution >= 0.6 is 31.9 Å². The van der Waals surface area contributed by atoms with Crippen LogP contribution in [0.4, 0.5) is 22.2 Å². The number of pyridine rings is 7. The average molecular weight is 1200 g/mol. The molecule has 0 radical (unpaired) electrons. The molecule has 0 bridgehead atoms. The SMILES string of the molecule is CC(O)c1ccncc1-c1cnc2c(c1)CCCN2.CC(O)c1ccncc1-c1cnc2c(c1)CCCN2C(N)=O.CC(O)c1ccncc1Br.CC1(C)OB(c2cnc3c(c2)CCCN3)OC1(C)C.O=Cc1ccncc1Br. The Kier molecular flexibility index (Phi) is 20.9. The summed E-state index contributed by atoms with van der Waals surface area (Å²) in [6.45, 7) is 16.1. The van der Waals surface area contributed by atoms with E-state index in [1.165, 1.54) is 16.0 Å². The van der Waals surface area contributed by atoms with Crippen LogP contribution in [0.15, 0.2) is 120 Å². The van der Waals surface area contributed by atoms with E-state index >= 15 is 0 Å². The Morgan fingerprint density at radius 2 is 1.11 bits per heavy atom. The van der Waals surface area contributed by atoms with Crippen molar-refractivity contribution >= 4 is 74.2 Å². The van der Waals surface area contributed by atoms with E-state index in [1.807, 2.05) is 24.5 Å². The molecule has 79 heavy (non-hydrogen) atoms. The van der Waals surface area contributed by atoms with Gasteiger partial charge in [0.05, 0.1) is 29.5 Å². The molecule has 414 valence electrons. The van der Waals surface area contributed by atoms with Gasteiger partial charge in [-0.2, -0.15) is 0 Å². The molecule has 0 aliphatic carbocycles. The van der Waals surface area contributed by atoms with Crippen molar-refractivity contribution < 1.29 is 34.2 Å². The van der Waals surface area contributed by atoms with Gasteiger partial charge in [-0.05, 0) is 189 Å². The number of aryl methyl sites for hydroxylation is 3. The summed E-state index contributed by atoms with van der Waals surface area (Å²) in [5.41, 5.74) is 16.2. The molecule has 0 aromatic carbocycles. The van der Waals surface area contributed by atoms with Crippen molar-refractivity contribution in [1.29, 1.82) is 0 Å². The van der Waals surface area contributed by atoms with Gasteiger partial charge in [0.1, 0.15) is 17.5 Å². The zero-order chi connectivity index (χ0) is 56.9. The number of carbonyl (C=O) groups excluding carboxylic acids is 2. The van der Waals surface area contributed by atoms with Gasteiger partial charge in [0.25, 0.3) is 0 Å². The molecular weight excluding hydrogens is 1130 g/mol. The third-order valence-corrected chi connectivity index (χ3v) is 15.3. The molecular formula is C58H68BBr2N11O7. The highest BCUT2D eigenvalue weighted by atomic mass is 79.9. The average Bonchev–Trinajstić information content (AvgIpc) is 3.76. The van der Waals surface area contributed by atoms with E-state index < -0.39 is 24.3 Å². The number of halogens is 2. The van der Waals surface area contributed by atoms with Gasteiger partial charge in [0.15, 0.2) is 6.29 Å². The smallest absolute Gasteiger partial charge is 0.399 e. The predicted octanol–water partition coefficient (Wildman–Crippen LogP) is 9.88. The molecule has 11 rings (SSSR count). The fourth-order valence-electron chi connectivity index (χ4n) is 9.02. The van der Waals surface area contributed by atoms with Crippen LogP contribution < -0.4 is 26.7 Å². The minimum Gasteiger partial charge on any atom is -0.399 e. The Labute approximate surface area is 478 Å². The maximum absolute atomic E-state index is 11.5. The zero-order valence-electron chi connectivity index (χ0n) is 45.5. The lowest BCUT2D eigenvalue weighted by Gasteiger charge is -2.32. The molecule has 4 aliphatic heterocycles. The van der Waals surface area contributed by atoms with Crippen LogP contribution in [-0.4, -0.2) is 100 Å². The van der Waals surface area contributed by atoms with Crippen LogP contribution in [0.3, 0.4) is 0 Å². The Morgan fingerprint density at radius 3 is 1.61 bits per heavy atom. The highest BCUT2D eigenvalue weighted by Crippen LogP contribution is 2.37. The first kappa shape index (κ1) is 60.1. The minimum atomic E-state index is -0.587. The largest absolute Gasteiger partial charge is 0.496 e. The van der Waals surface area contributed by atoms with Crippen LogP contribution in [0.25, 0.3) is 22.3 Å². The van der Waals surface area contributed by atoms with Crippen molar-refractivity contribution in [3.63, 3.8) is 0 Å². The molecule has 2 amide bonds. The Balaban J connectivity index is 0.000000148. The number of rotatable bonds is 7. The molecule has 0 saturated carbocycles. The molecule has 3 atom stereocenters. The molecule has 7 aromatic heterocycles. The van der Waals surface area contributed by atoms with Gasteiger partial charge in [-0.25, -0.2) is 19.7 Å². The van der Waals surface area contributed by atoms with Gasteiger partial charge in [-0.15, -0.1) is 0 Å². The standard InChI is InChI=1S/C16H18N4O2.C15H17N3O.C14H21BN2O2.C7H8BrNO.C6H4BrNO/c1-10(21)13-4-5-18-9-14(13)12-7-11-3-2-6-20(16(17)22)15(11)19-8-12;1-10(19)13-4-6-16-9-14(13)12-7-11-3-2-5-17-15(11)18-8-12;1-13(2)14(3,4)19-15(18-13)11-8-10-6-5-7-16-12(10)17-9-11;1-5(10)6-2-3-9-4-7(6)8;7-6-3-8-2-1-5(6)4-9/h4-5,7-10,21H,2-3,6H2,1H3,(H2,17,22);4,6-10,19H,2-3,5H2,1H3,(H,17,18);8-9H,5-7H2,1-4H3,(H,16,17);2-5,10H,1H3;1-4H. The zero-order valence-corrected chi connectivity index (χ0v) is 48.7. The van der Waals surface area contributed by atoms with Crippen LogP contribution in [0.5, 0.6) is 0 Å². The first-order chi connectivity index (χ1) is 37.8. The van der Waals surface area contributed by atoms with E-state index in [0.717, 1.165) is 128 Å². The number of aliphatic hydroxyl groups is 3. The Hall–Kier alpha value is -6.59. The van der Waals surface area contributed by atoms with Gasteiger partial charge in [-0.3, -0.25) is 29.6 Å². The minimum absolute atomic E-state index is 0.300. The number of amides is 2. The van der Waals surface area contributed by atoms with Crippen molar-refractivity contribution in [3.8, 4) is 22.3 Å². The second-order valence-electron chi connectivity index (χ2n) is 20.3. The number of primary amides is 1. The molecule has 1 saturated heterocycles. The van der Waals surface area contributed by atoms with E-state index in [2.05, 4.69) is 117 Å². The normalized spacial score (nSPS) is 16.4. The number of urea groups is 1. The maximum atomic E-state index is 11.5. The van der Waals surface area contributed by atoms with Gasteiger partial charge < -0.3 is 41.0 Å². The fourth-order valence-corrected chi connectivity index (χ4v) is 9.94.